The van der Waals surface area contributed by atoms with Crippen molar-refractivity contribution in [2.75, 3.05) is 30.9 Å². The van der Waals surface area contributed by atoms with E-state index in [1.807, 2.05) is 51.1 Å². The standard InChI is InChI=1S/C25H32N6O3S/c1-25(2,3)31(24(32)33)15-16-5-9-18(10-6-16)28-22-26-12-11-19(29-22)21-20(17-7-8-17)30-23(35-21)27-13-14-34-4/h5-6,9-12,17H,7-8,13-15H2,1-4H3,(H,27,30)(H,32,33)(H,26,28,29). The van der Waals surface area contributed by atoms with Gasteiger partial charge in [-0.2, -0.15) is 0 Å². The first kappa shape index (κ1) is 24.9. The van der Waals surface area contributed by atoms with Gasteiger partial charge in [0, 0.05) is 43.5 Å². The first-order valence-electron chi connectivity index (χ1n) is 11.7. The molecule has 10 heteroatoms. The molecule has 0 bridgehead atoms. The number of aromatic nitrogens is 3. The van der Waals surface area contributed by atoms with E-state index in [0.717, 1.165) is 45.5 Å². The molecule has 1 amide bonds. The number of benzene rings is 1. The van der Waals surface area contributed by atoms with E-state index in [1.54, 1.807) is 24.6 Å². The molecule has 1 saturated carbocycles. The number of amides is 1. The van der Waals surface area contributed by atoms with Crippen LogP contribution >= 0.6 is 11.3 Å². The molecule has 1 aliphatic rings. The molecule has 0 spiro atoms. The van der Waals surface area contributed by atoms with Gasteiger partial charge in [-0.3, -0.25) is 4.90 Å². The normalized spacial score (nSPS) is 13.5. The van der Waals surface area contributed by atoms with Crippen molar-refractivity contribution in [1.82, 2.24) is 19.9 Å². The van der Waals surface area contributed by atoms with Gasteiger partial charge >= 0.3 is 6.09 Å². The molecular formula is C25H32N6O3S. The second-order valence-corrected chi connectivity index (χ2v) is 10.6. The fourth-order valence-corrected chi connectivity index (χ4v) is 4.67. The molecule has 0 unspecified atom stereocenters. The van der Waals surface area contributed by atoms with Gasteiger partial charge in [0.05, 0.1) is 22.9 Å². The maximum absolute atomic E-state index is 11.6. The average Bonchev–Trinajstić information content (AvgIpc) is 3.57. The summed E-state index contributed by atoms with van der Waals surface area (Å²) in [5, 5.41) is 17.0. The summed E-state index contributed by atoms with van der Waals surface area (Å²) in [6.45, 7) is 7.31. The van der Waals surface area contributed by atoms with Gasteiger partial charge in [0.2, 0.25) is 5.95 Å². The summed E-state index contributed by atoms with van der Waals surface area (Å²) in [6.07, 6.45) is 3.13. The molecule has 1 aromatic carbocycles. The molecule has 0 radical (unpaired) electrons. The van der Waals surface area contributed by atoms with Crippen LogP contribution in [0.25, 0.3) is 10.6 Å². The molecule has 0 aliphatic heterocycles. The Labute approximate surface area is 209 Å². The van der Waals surface area contributed by atoms with Crippen LogP contribution in [0, 0.1) is 0 Å². The summed E-state index contributed by atoms with van der Waals surface area (Å²) in [5.41, 5.74) is 3.21. The lowest BCUT2D eigenvalue weighted by Crippen LogP contribution is -2.44. The number of carbonyl (C=O) groups is 1. The zero-order valence-corrected chi connectivity index (χ0v) is 21.4. The van der Waals surface area contributed by atoms with Crippen molar-refractivity contribution in [2.24, 2.45) is 0 Å². The molecule has 0 saturated heterocycles. The van der Waals surface area contributed by atoms with Gasteiger partial charge in [-0.15, -0.1) is 0 Å². The number of nitrogens with zero attached hydrogens (tertiary/aromatic N) is 4. The Morgan fingerprint density at radius 1 is 1.20 bits per heavy atom. The number of hydrogen-bond donors (Lipinski definition) is 3. The van der Waals surface area contributed by atoms with Crippen LogP contribution < -0.4 is 10.6 Å². The van der Waals surface area contributed by atoms with Crippen LogP contribution in [0.2, 0.25) is 0 Å². The number of anilines is 3. The van der Waals surface area contributed by atoms with Crippen molar-refractivity contribution in [3.05, 3.63) is 47.8 Å². The minimum absolute atomic E-state index is 0.321. The SMILES string of the molecule is COCCNc1nc(C2CC2)c(-c2ccnc(Nc3ccc(CN(C(=O)O)C(C)(C)C)cc3)n2)s1. The van der Waals surface area contributed by atoms with Crippen molar-refractivity contribution in [2.45, 2.75) is 51.6 Å². The number of rotatable bonds is 10. The summed E-state index contributed by atoms with van der Waals surface area (Å²) >= 11 is 1.61. The zero-order valence-electron chi connectivity index (χ0n) is 20.5. The average molecular weight is 497 g/mol. The highest BCUT2D eigenvalue weighted by Gasteiger charge is 2.31. The lowest BCUT2D eigenvalue weighted by atomic mass is 10.1. The Kier molecular flexibility index (Phi) is 7.51. The second kappa shape index (κ2) is 10.6. The highest BCUT2D eigenvalue weighted by Crippen LogP contribution is 2.46. The molecule has 186 valence electrons. The number of carboxylic acid groups (broad SMARTS) is 1. The van der Waals surface area contributed by atoms with Crippen molar-refractivity contribution in [1.29, 1.82) is 0 Å². The van der Waals surface area contributed by atoms with Crippen molar-refractivity contribution >= 4 is 34.2 Å². The van der Waals surface area contributed by atoms with Gasteiger partial charge in [-0.25, -0.2) is 19.7 Å². The largest absolute Gasteiger partial charge is 0.465 e. The van der Waals surface area contributed by atoms with Gasteiger partial charge in [-0.05, 0) is 57.4 Å². The molecule has 35 heavy (non-hydrogen) atoms. The molecule has 9 nitrogen and oxygen atoms in total. The summed E-state index contributed by atoms with van der Waals surface area (Å²) in [7, 11) is 1.68. The van der Waals surface area contributed by atoms with Crippen molar-refractivity contribution in [3.63, 3.8) is 0 Å². The number of thiazole rings is 1. The third kappa shape index (κ3) is 6.46. The van der Waals surface area contributed by atoms with Crippen LogP contribution in [-0.4, -0.2) is 56.9 Å². The van der Waals surface area contributed by atoms with Gasteiger partial charge in [0.1, 0.15) is 0 Å². The highest BCUT2D eigenvalue weighted by molar-refractivity contribution is 7.19. The monoisotopic (exact) mass is 496 g/mol. The molecule has 1 fully saturated rings. The van der Waals surface area contributed by atoms with E-state index in [0.29, 0.717) is 31.6 Å². The second-order valence-electron chi connectivity index (χ2n) is 9.55. The Morgan fingerprint density at radius 3 is 2.57 bits per heavy atom. The topological polar surface area (TPSA) is 112 Å². The van der Waals surface area contributed by atoms with E-state index >= 15 is 0 Å². The lowest BCUT2D eigenvalue weighted by molar-refractivity contribution is 0.0955. The third-order valence-electron chi connectivity index (χ3n) is 5.68. The van der Waals surface area contributed by atoms with Crippen LogP contribution in [0.3, 0.4) is 0 Å². The smallest absolute Gasteiger partial charge is 0.408 e. The Morgan fingerprint density at radius 2 is 1.94 bits per heavy atom. The van der Waals surface area contributed by atoms with E-state index in [-0.39, 0.29) is 0 Å². The van der Waals surface area contributed by atoms with Crippen LogP contribution in [-0.2, 0) is 11.3 Å². The summed E-state index contributed by atoms with van der Waals surface area (Å²) in [4.78, 5) is 28.1. The summed E-state index contributed by atoms with van der Waals surface area (Å²) < 4.78 is 5.13. The Bertz CT molecular complexity index is 1150. The molecule has 1 aliphatic carbocycles. The van der Waals surface area contributed by atoms with Crippen LogP contribution in [0.4, 0.5) is 21.6 Å². The minimum Gasteiger partial charge on any atom is -0.465 e. The van der Waals surface area contributed by atoms with E-state index in [4.69, 9.17) is 14.7 Å². The first-order chi connectivity index (χ1) is 16.7. The molecular weight excluding hydrogens is 464 g/mol. The predicted octanol–water partition coefficient (Wildman–Crippen LogP) is 5.56. The van der Waals surface area contributed by atoms with E-state index < -0.39 is 11.6 Å². The molecule has 3 N–H and O–H groups in total. The Balaban J connectivity index is 1.48. The summed E-state index contributed by atoms with van der Waals surface area (Å²) in [5.74, 6) is 0.998. The van der Waals surface area contributed by atoms with Gasteiger partial charge < -0.3 is 20.5 Å². The lowest BCUT2D eigenvalue weighted by Gasteiger charge is -2.33. The highest BCUT2D eigenvalue weighted by atomic mass is 32.1. The third-order valence-corrected chi connectivity index (χ3v) is 6.73. The number of ether oxygens (including phenoxy) is 1. The maximum atomic E-state index is 11.6. The molecule has 2 heterocycles. The van der Waals surface area contributed by atoms with Gasteiger partial charge in [0.25, 0.3) is 0 Å². The van der Waals surface area contributed by atoms with E-state index in [2.05, 4.69) is 15.6 Å². The van der Waals surface area contributed by atoms with E-state index in [1.165, 1.54) is 4.90 Å². The number of methoxy groups -OCH3 is 1. The maximum Gasteiger partial charge on any atom is 0.408 e. The molecule has 4 rings (SSSR count). The zero-order chi connectivity index (χ0) is 25.0. The molecule has 0 atom stereocenters. The molecule has 2 aromatic heterocycles. The van der Waals surface area contributed by atoms with Gasteiger partial charge in [-0.1, -0.05) is 23.5 Å². The quantitative estimate of drug-likeness (QED) is 0.313. The van der Waals surface area contributed by atoms with Crippen LogP contribution in [0.15, 0.2) is 36.5 Å². The van der Waals surface area contributed by atoms with Crippen LogP contribution in [0.5, 0.6) is 0 Å². The number of hydrogen-bond acceptors (Lipinski definition) is 8. The number of nitrogens with one attached hydrogen (secondary N) is 2. The van der Waals surface area contributed by atoms with Crippen molar-refractivity contribution < 1.29 is 14.6 Å². The molecule has 3 aromatic rings. The predicted molar refractivity (Wildman–Crippen MR) is 139 cm³/mol. The van der Waals surface area contributed by atoms with Crippen molar-refractivity contribution in [3.8, 4) is 10.6 Å². The van der Waals surface area contributed by atoms with E-state index in [9.17, 15) is 9.90 Å². The minimum atomic E-state index is -0.935. The van der Waals surface area contributed by atoms with Gasteiger partial charge in [0.15, 0.2) is 5.13 Å². The summed E-state index contributed by atoms with van der Waals surface area (Å²) in [6, 6.07) is 9.57. The fraction of sp³-hybridized carbons (Fsp3) is 0.440. The van der Waals surface area contributed by atoms with Crippen LogP contribution in [0.1, 0.15) is 50.8 Å². The first-order valence-corrected chi connectivity index (χ1v) is 12.5. The Hall–Kier alpha value is -3.24. The fourth-order valence-electron chi connectivity index (χ4n) is 3.63.